The van der Waals surface area contributed by atoms with Crippen molar-refractivity contribution in [1.82, 2.24) is 9.88 Å². The Labute approximate surface area is 92.2 Å². The summed E-state index contributed by atoms with van der Waals surface area (Å²) in [4.78, 5) is 27.9. The molecule has 0 bridgehead atoms. The maximum absolute atomic E-state index is 11.5. The Hall–Kier alpha value is -2.11. The first kappa shape index (κ1) is 10.4. The minimum Gasteiger partial charge on any atom is -0.448 e. The summed E-state index contributed by atoms with van der Waals surface area (Å²) in [5.74, 6) is 0.192. The lowest BCUT2D eigenvalue weighted by Gasteiger charge is -2.11. The van der Waals surface area contributed by atoms with Crippen LogP contribution >= 0.6 is 0 Å². The first-order valence-electron chi connectivity index (χ1n) is 4.88. The third-order valence-electron chi connectivity index (χ3n) is 2.11. The van der Waals surface area contributed by atoms with E-state index in [-0.39, 0.29) is 12.5 Å². The summed E-state index contributed by atoms with van der Waals surface area (Å²) in [6.45, 7) is 0.791. The van der Waals surface area contributed by atoms with Crippen molar-refractivity contribution in [2.24, 2.45) is 0 Å². The molecule has 0 aliphatic carbocycles. The highest BCUT2D eigenvalue weighted by Gasteiger charge is 2.23. The van der Waals surface area contributed by atoms with Gasteiger partial charge in [-0.3, -0.25) is 9.69 Å². The van der Waals surface area contributed by atoms with Crippen LogP contribution in [0.2, 0.25) is 0 Å². The number of aromatic nitrogens is 1. The van der Waals surface area contributed by atoms with Gasteiger partial charge < -0.3 is 10.1 Å². The van der Waals surface area contributed by atoms with Crippen LogP contribution in [-0.4, -0.2) is 41.6 Å². The molecule has 1 aliphatic rings. The SMILES string of the molecule is O=C(CN1CCOC1=O)Nc1ccccn1. The minimum absolute atomic E-state index is 0.00456. The van der Waals surface area contributed by atoms with Crippen molar-refractivity contribution >= 4 is 17.8 Å². The third-order valence-corrected chi connectivity index (χ3v) is 2.11. The molecule has 16 heavy (non-hydrogen) atoms. The highest BCUT2D eigenvalue weighted by Crippen LogP contribution is 2.04. The van der Waals surface area contributed by atoms with E-state index in [1.54, 1.807) is 24.4 Å². The van der Waals surface area contributed by atoms with E-state index in [1.165, 1.54) is 4.90 Å². The number of nitrogens with one attached hydrogen (secondary N) is 1. The fourth-order valence-electron chi connectivity index (χ4n) is 1.36. The largest absolute Gasteiger partial charge is 0.448 e. The molecule has 6 nitrogen and oxygen atoms in total. The molecule has 6 heteroatoms. The molecule has 1 aromatic heterocycles. The van der Waals surface area contributed by atoms with E-state index in [4.69, 9.17) is 4.74 Å². The molecular weight excluding hydrogens is 210 g/mol. The second-order valence-corrected chi connectivity index (χ2v) is 3.30. The maximum Gasteiger partial charge on any atom is 0.410 e. The van der Waals surface area contributed by atoms with Crippen molar-refractivity contribution in [3.05, 3.63) is 24.4 Å². The number of carbonyl (C=O) groups is 2. The summed E-state index contributed by atoms with van der Waals surface area (Å²) in [7, 11) is 0. The van der Waals surface area contributed by atoms with E-state index >= 15 is 0 Å². The van der Waals surface area contributed by atoms with Crippen LogP contribution in [0.5, 0.6) is 0 Å². The van der Waals surface area contributed by atoms with Crippen molar-refractivity contribution in [2.75, 3.05) is 25.0 Å². The van der Waals surface area contributed by atoms with Gasteiger partial charge in [0.15, 0.2) is 0 Å². The molecular formula is C10H11N3O3. The van der Waals surface area contributed by atoms with E-state index in [0.29, 0.717) is 19.0 Å². The number of carbonyl (C=O) groups excluding carboxylic acids is 2. The lowest BCUT2D eigenvalue weighted by molar-refractivity contribution is -0.116. The lowest BCUT2D eigenvalue weighted by atomic mass is 10.4. The normalized spacial score (nSPS) is 14.8. The van der Waals surface area contributed by atoms with Crippen LogP contribution in [0.1, 0.15) is 0 Å². The van der Waals surface area contributed by atoms with Crippen LogP contribution in [0, 0.1) is 0 Å². The summed E-state index contributed by atoms with van der Waals surface area (Å²) in [5.41, 5.74) is 0. The van der Waals surface area contributed by atoms with Crippen LogP contribution in [0.15, 0.2) is 24.4 Å². The fraction of sp³-hybridized carbons (Fsp3) is 0.300. The zero-order valence-corrected chi connectivity index (χ0v) is 8.55. The van der Waals surface area contributed by atoms with E-state index in [1.807, 2.05) is 0 Å². The molecule has 1 saturated heterocycles. The number of pyridine rings is 1. The first-order chi connectivity index (χ1) is 7.75. The Morgan fingerprint density at radius 2 is 2.44 bits per heavy atom. The van der Waals surface area contributed by atoms with Crippen molar-refractivity contribution in [1.29, 1.82) is 0 Å². The number of hydrogen-bond donors (Lipinski definition) is 1. The van der Waals surface area contributed by atoms with Gasteiger partial charge in [-0.25, -0.2) is 9.78 Å². The Kier molecular flexibility index (Phi) is 3.00. The van der Waals surface area contributed by atoms with Crippen LogP contribution in [0.3, 0.4) is 0 Å². The number of cyclic esters (lactones) is 1. The number of amides is 2. The van der Waals surface area contributed by atoms with Gasteiger partial charge in [-0.1, -0.05) is 6.07 Å². The summed E-state index contributed by atoms with van der Waals surface area (Å²) in [6, 6.07) is 5.21. The van der Waals surface area contributed by atoms with Crippen molar-refractivity contribution < 1.29 is 14.3 Å². The number of anilines is 1. The zero-order chi connectivity index (χ0) is 11.4. The Bertz CT molecular complexity index is 394. The van der Waals surface area contributed by atoms with Gasteiger partial charge in [-0.15, -0.1) is 0 Å². The maximum atomic E-state index is 11.5. The average molecular weight is 221 g/mol. The number of rotatable bonds is 3. The molecule has 1 N–H and O–H groups in total. The minimum atomic E-state index is -0.448. The highest BCUT2D eigenvalue weighted by molar-refractivity contribution is 5.93. The molecule has 0 spiro atoms. The summed E-state index contributed by atoms with van der Waals surface area (Å²) in [6.07, 6.45) is 1.14. The molecule has 0 aromatic carbocycles. The Balaban J connectivity index is 1.87. The molecule has 2 amide bonds. The Morgan fingerprint density at radius 3 is 3.06 bits per heavy atom. The molecule has 1 aromatic rings. The van der Waals surface area contributed by atoms with Crippen LogP contribution in [0.25, 0.3) is 0 Å². The quantitative estimate of drug-likeness (QED) is 0.805. The van der Waals surface area contributed by atoms with E-state index in [0.717, 1.165) is 0 Å². The van der Waals surface area contributed by atoms with Crippen LogP contribution < -0.4 is 5.32 Å². The molecule has 1 fully saturated rings. The summed E-state index contributed by atoms with van der Waals surface area (Å²) in [5, 5.41) is 2.59. The average Bonchev–Trinajstić information content (AvgIpc) is 2.66. The third kappa shape index (κ3) is 2.47. The van der Waals surface area contributed by atoms with Crippen LogP contribution in [0.4, 0.5) is 10.6 Å². The van der Waals surface area contributed by atoms with Gasteiger partial charge in [0.2, 0.25) is 5.91 Å². The fourth-order valence-corrected chi connectivity index (χ4v) is 1.36. The summed E-state index contributed by atoms with van der Waals surface area (Å²) < 4.78 is 4.71. The number of ether oxygens (including phenoxy) is 1. The van der Waals surface area contributed by atoms with Gasteiger partial charge in [0.1, 0.15) is 19.0 Å². The molecule has 0 atom stereocenters. The zero-order valence-electron chi connectivity index (χ0n) is 8.55. The van der Waals surface area contributed by atoms with Gasteiger partial charge in [-0.05, 0) is 12.1 Å². The van der Waals surface area contributed by atoms with Gasteiger partial charge in [0.05, 0.1) is 6.54 Å². The van der Waals surface area contributed by atoms with Gasteiger partial charge in [0, 0.05) is 6.20 Å². The molecule has 1 aliphatic heterocycles. The molecule has 0 unspecified atom stereocenters. The lowest BCUT2D eigenvalue weighted by Crippen LogP contribution is -2.33. The van der Waals surface area contributed by atoms with E-state index in [9.17, 15) is 9.59 Å². The highest BCUT2D eigenvalue weighted by atomic mass is 16.6. The van der Waals surface area contributed by atoms with Gasteiger partial charge in [-0.2, -0.15) is 0 Å². The number of hydrogen-bond acceptors (Lipinski definition) is 4. The topological polar surface area (TPSA) is 71.5 Å². The van der Waals surface area contributed by atoms with Gasteiger partial charge >= 0.3 is 6.09 Å². The predicted molar refractivity (Wildman–Crippen MR) is 55.8 cm³/mol. The molecule has 2 heterocycles. The van der Waals surface area contributed by atoms with Crippen LogP contribution in [-0.2, 0) is 9.53 Å². The van der Waals surface area contributed by atoms with Crippen molar-refractivity contribution in [3.63, 3.8) is 0 Å². The van der Waals surface area contributed by atoms with E-state index < -0.39 is 6.09 Å². The van der Waals surface area contributed by atoms with Crippen molar-refractivity contribution in [3.8, 4) is 0 Å². The molecule has 84 valence electrons. The Morgan fingerprint density at radius 1 is 1.56 bits per heavy atom. The number of nitrogens with zero attached hydrogens (tertiary/aromatic N) is 2. The first-order valence-corrected chi connectivity index (χ1v) is 4.88. The molecule has 0 saturated carbocycles. The summed E-state index contributed by atoms with van der Waals surface area (Å²) >= 11 is 0. The standard InChI is InChI=1S/C10H11N3O3/c14-9(7-13-5-6-16-10(13)15)12-8-3-1-2-4-11-8/h1-4H,5-7H2,(H,11,12,14). The second kappa shape index (κ2) is 4.61. The van der Waals surface area contributed by atoms with Crippen molar-refractivity contribution in [2.45, 2.75) is 0 Å². The molecule has 2 rings (SSSR count). The van der Waals surface area contributed by atoms with Gasteiger partial charge in [0.25, 0.3) is 0 Å². The second-order valence-electron chi connectivity index (χ2n) is 3.30. The molecule has 0 radical (unpaired) electrons. The monoisotopic (exact) mass is 221 g/mol. The smallest absolute Gasteiger partial charge is 0.410 e. The predicted octanol–water partition coefficient (Wildman–Crippen LogP) is 0.472. The van der Waals surface area contributed by atoms with E-state index in [2.05, 4.69) is 10.3 Å².